The largest absolute Gasteiger partial charge is 0.491 e. The highest BCUT2D eigenvalue weighted by Gasteiger charge is 2.00. The fourth-order valence-corrected chi connectivity index (χ4v) is 2.18. The maximum absolute atomic E-state index is 5.66. The zero-order chi connectivity index (χ0) is 17.6. The maximum Gasteiger partial charge on any atom is 0.191 e. The van der Waals surface area contributed by atoms with Gasteiger partial charge in [-0.25, -0.2) is 0 Å². The number of hydrogen-bond acceptors (Lipinski definition) is 3. The van der Waals surface area contributed by atoms with Crippen LogP contribution in [0.5, 0.6) is 5.75 Å². The number of guanidine groups is 1. The Morgan fingerprint density at radius 3 is 2.44 bits per heavy atom. The lowest BCUT2D eigenvalue weighted by atomic mass is 10.1. The number of benzene rings is 1. The highest BCUT2D eigenvalue weighted by atomic mass is 127. The summed E-state index contributed by atoms with van der Waals surface area (Å²) in [5.74, 6) is 1.79. The van der Waals surface area contributed by atoms with Gasteiger partial charge in [-0.15, -0.1) is 24.0 Å². The zero-order valence-corrected chi connectivity index (χ0v) is 18.3. The van der Waals surface area contributed by atoms with Gasteiger partial charge in [0.1, 0.15) is 5.75 Å². The fourth-order valence-electron chi connectivity index (χ4n) is 2.18. The third-order valence-electron chi connectivity index (χ3n) is 3.27. The summed E-state index contributed by atoms with van der Waals surface area (Å²) in [4.78, 5) is 4.56. The van der Waals surface area contributed by atoms with Gasteiger partial charge in [-0.3, -0.25) is 4.99 Å². The van der Waals surface area contributed by atoms with Crippen LogP contribution in [0.25, 0.3) is 0 Å². The van der Waals surface area contributed by atoms with Crippen molar-refractivity contribution in [3.63, 3.8) is 0 Å². The van der Waals surface area contributed by atoms with Gasteiger partial charge in [0, 0.05) is 32.8 Å². The van der Waals surface area contributed by atoms with E-state index in [9.17, 15) is 0 Å². The molecule has 6 heteroatoms. The lowest BCUT2D eigenvalue weighted by molar-refractivity contribution is 0.146. The minimum Gasteiger partial charge on any atom is -0.491 e. The second kappa shape index (κ2) is 15.3. The molecule has 0 saturated carbocycles. The lowest BCUT2D eigenvalue weighted by Crippen LogP contribution is -2.38. The van der Waals surface area contributed by atoms with Crippen molar-refractivity contribution in [1.82, 2.24) is 10.6 Å². The van der Waals surface area contributed by atoms with Crippen molar-refractivity contribution >= 4 is 29.9 Å². The van der Waals surface area contributed by atoms with E-state index in [1.54, 1.807) is 0 Å². The van der Waals surface area contributed by atoms with E-state index in [0.29, 0.717) is 0 Å². The minimum absolute atomic E-state index is 0. The minimum atomic E-state index is 0. The van der Waals surface area contributed by atoms with Crippen molar-refractivity contribution in [1.29, 1.82) is 0 Å². The Balaban J connectivity index is 0.00000576. The first-order valence-electron chi connectivity index (χ1n) is 9.01. The number of rotatable bonds is 11. The van der Waals surface area contributed by atoms with E-state index < -0.39 is 0 Å². The molecule has 0 radical (unpaired) electrons. The van der Waals surface area contributed by atoms with Crippen molar-refractivity contribution in [2.45, 2.75) is 46.6 Å². The Morgan fingerprint density at radius 1 is 1.12 bits per heavy atom. The van der Waals surface area contributed by atoms with Gasteiger partial charge in [-0.2, -0.15) is 0 Å². The molecule has 1 rings (SSSR count). The van der Waals surface area contributed by atoms with Crippen LogP contribution >= 0.6 is 24.0 Å². The summed E-state index contributed by atoms with van der Waals surface area (Å²) in [6.45, 7) is 12.2. The summed E-state index contributed by atoms with van der Waals surface area (Å²) in [6.07, 6.45) is 2.10. The average molecular weight is 463 g/mol. The molecule has 25 heavy (non-hydrogen) atoms. The summed E-state index contributed by atoms with van der Waals surface area (Å²) < 4.78 is 11.0. The maximum atomic E-state index is 5.66. The Bertz CT molecular complexity index is 464. The molecule has 0 aliphatic rings. The molecular formula is C19H34IN3O2. The topological polar surface area (TPSA) is 54.9 Å². The molecule has 1 aromatic rings. The third kappa shape index (κ3) is 12.0. The van der Waals surface area contributed by atoms with E-state index >= 15 is 0 Å². The molecule has 0 atom stereocenters. The van der Waals surface area contributed by atoms with Crippen LogP contribution in [0.2, 0.25) is 0 Å². The Hall–Kier alpha value is -1.02. The van der Waals surface area contributed by atoms with Gasteiger partial charge in [0.15, 0.2) is 5.96 Å². The van der Waals surface area contributed by atoms with Gasteiger partial charge in [0.25, 0.3) is 0 Å². The van der Waals surface area contributed by atoms with Crippen molar-refractivity contribution < 1.29 is 9.47 Å². The molecule has 0 bridgehead atoms. The van der Waals surface area contributed by atoms with Gasteiger partial charge < -0.3 is 20.1 Å². The van der Waals surface area contributed by atoms with Crippen LogP contribution in [0.15, 0.2) is 29.3 Å². The van der Waals surface area contributed by atoms with Crippen LogP contribution in [0.1, 0.15) is 39.7 Å². The van der Waals surface area contributed by atoms with Gasteiger partial charge in [0.2, 0.25) is 0 Å². The Kier molecular flexibility index (Phi) is 14.6. The Morgan fingerprint density at radius 2 is 1.84 bits per heavy atom. The van der Waals surface area contributed by atoms with E-state index in [2.05, 4.69) is 34.7 Å². The SMILES string of the molecule is CCNC(=NCCCOCC)NCCc1ccc(OC(C)C)cc1.I. The predicted molar refractivity (Wildman–Crippen MR) is 116 cm³/mol. The number of nitrogens with zero attached hydrogens (tertiary/aromatic N) is 1. The molecule has 0 saturated heterocycles. The fraction of sp³-hybridized carbons (Fsp3) is 0.632. The summed E-state index contributed by atoms with van der Waals surface area (Å²) in [5.41, 5.74) is 1.28. The van der Waals surface area contributed by atoms with E-state index in [4.69, 9.17) is 9.47 Å². The van der Waals surface area contributed by atoms with Gasteiger partial charge in [-0.05, 0) is 58.2 Å². The van der Waals surface area contributed by atoms with Crippen LogP contribution in [0, 0.1) is 0 Å². The zero-order valence-electron chi connectivity index (χ0n) is 16.0. The van der Waals surface area contributed by atoms with Crippen LogP contribution in [0.4, 0.5) is 0 Å². The van der Waals surface area contributed by atoms with Gasteiger partial charge >= 0.3 is 0 Å². The standard InChI is InChI=1S/C19H33N3O2.HI/c1-5-20-19(21-13-7-15-23-6-2)22-14-12-17-8-10-18(11-9-17)24-16(3)4;/h8-11,16H,5-7,12-15H2,1-4H3,(H2,20,21,22);1H. The van der Waals surface area contributed by atoms with Gasteiger partial charge in [-0.1, -0.05) is 12.1 Å². The molecule has 144 valence electrons. The molecule has 0 aliphatic heterocycles. The average Bonchev–Trinajstić information content (AvgIpc) is 2.55. The van der Waals surface area contributed by atoms with Crippen LogP contribution in [-0.2, 0) is 11.2 Å². The normalized spacial score (nSPS) is 11.2. The molecule has 0 aliphatic carbocycles. The first-order chi connectivity index (χ1) is 11.7. The van der Waals surface area contributed by atoms with Crippen molar-refractivity contribution in [2.75, 3.05) is 32.8 Å². The number of ether oxygens (including phenoxy) is 2. The van der Waals surface area contributed by atoms with Crippen LogP contribution < -0.4 is 15.4 Å². The molecule has 0 aromatic heterocycles. The second-order valence-electron chi connectivity index (χ2n) is 5.80. The quantitative estimate of drug-likeness (QED) is 0.228. The number of nitrogens with one attached hydrogen (secondary N) is 2. The third-order valence-corrected chi connectivity index (χ3v) is 3.27. The summed E-state index contributed by atoms with van der Waals surface area (Å²) in [5, 5.41) is 6.64. The summed E-state index contributed by atoms with van der Waals surface area (Å²) in [6, 6.07) is 8.29. The highest BCUT2D eigenvalue weighted by molar-refractivity contribution is 14.0. The molecule has 0 heterocycles. The lowest BCUT2D eigenvalue weighted by Gasteiger charge is -2.12. The molecule has 0 spiro atoms. The summed E-state index contributed by atoms with van der Waals surface area (Å²) >= 11 is 0. The molecule has 2 N–H and O–H groups in total. The van der Waals surface area contributed by atoms with Crippen molar-refractivity contribution in [3.05, 3.63) is 29.8 Å². The van der Waals surface area contributed by atoms with Gasteiger partial charge in [0.05, 0.1) is 6.10 Å². The number of hydrogen-bond donors (Lipinski definition) is 2. The molecule has 0 unspecified atom stereocenters. The molecular weight excluding hydrogens is 429 g/mol. The highest BCUT2D eigenvalue weighted by Crippen LogP contribution is 2.13. The van der Waals surface area contributed by atoms with E-state index in [0.717, 1.165) is 57.4 Å². The van der Waals surface area contributed by atoms with Crippen LogP contribution in [-0.4, -0.2) is 44.9 Å². The number of halogens is 1. The summed E-state index contributed by atoms with van der Waals surface area (Å²) in [7, 11) is 0. The molecule has 1 aromatic carbocycles. The van der Waals surface area contributed by atoms with Crippen LogP contribution in [0.3, 0.4) is 0 Å². The second-order valence-corrected chi connectivity index (χ2v) is 5.80. The smallest absolute Gasteiger partial charge is 0.191 e. The molecule has 0 amide bonds. The number of aliphatic imine (C=N–C) groups is 1. The first-order valence-corrected chi connectivity index (χ1v) is 9.01. The Labute approximate surface area is 170 Å². The van der Waals surface area contributed by atoms with E-state index in [1.165, 1.54) is 5.56 Å². The molecule has 5 nitrogen and oxygen atoms in total. The van der Waals surface area contributed by atoms with E-state index in [1.807, 2.05) is 32.9 Å². The van der Waals surface area contributed by atoms with Crippen molar-refractivity contribution in [2.24, 2.45) is 4.99 Å². The molecule has 0 fully saturated rings. The van der Waals surface area contributed by atoms with E-state index in [-0.39, 0.29) is 30.1 Å². The van der Waals surface area contributed by atoms with Crippen molar-refractivity contribution in [3.8, 4) is 5.75 Å². The first kappa shape index (κ1) is 24.0. The predicted octanol–water partition coefficient (Wildman–Crippen LogP) is 3.62. The monoisotopic (exact) mass is 463 g/mol.